The third-order valence-corrected chi connectivity index (χ3v) is 6.15. The minimum absolute atomic E-state index is 0.0669. The van der Waals surface area contributed by atoms with E-state index in [9.17, 15) is 13.2 Å². The van der Waals surface area contributed by atoms with Crippen molar-refractivity contribution in [1.82, 2.24) is 14.3 Å². The van der Waals surface area contributed by atoms with E-state index in [-0.39, 0.29) is 23.4 Å². The number of H-pyrrole nitrogens is 1. The van der Waals surface area contributed by atoms with Crippen LogP contribution in [0.1, 0.15) is 12.0 Å². The molecule has 0 amide bonds. The van der Waals surface area contributed by atoms with E-state index in [1.165, 1.54) is 34.8 Å². The maximum atomic E-state index is 12.9. The second-order valence-corrected chi connectivity index (χ2v) is 8.00. The van der Waals surface area contributed by atoms with Crippen LogP contribution < -0.4 is 10.5 Å². The summed E-state index contributed by atoms with van der Waals surface area (Å²) in [6, 6.07) is 9.31. The predicted molar refractivity (Wildman–Crippen MR) is 93.6 cm³/mol. The Balaban J connectivity index is 1.52. The normalized spacial score (nSPS) is 17.8. The highest BCUT2D eigenvalue weighted by Crippen LogP contribution is 2.25. The lowest BCUT2D eigenvalue weighted by Gasteiger charge is -2.17. The monoisotopic (exact) mass is 386 g/mol. The number of aromatic amines is 1. The number of aromatic nitrogens is 2. The topological polar surface area (TPSA) is 129 Å². The molecule has 0 aliphatic carbocycles. The summed E-state index contributed by atoms with van der Waals surface area (Å²) in [5.74, 6) is -0.350. The summed E-state index contributed by atoms with van der Waals surface area (Å²) in [6.07, 6.45) is 1.61. The minimum atomic E-state index is -3.74. The highest BCUT2D eigenvalue weighted by atomic mass is 32.2. The third kappa shape index (κ3) is 3.30. The summed E-state index contributed by atoms with van der Waals surface area (Å²) in [5, 5.41) is 8.92. The van der Waals surface area contributed by atoms with E-state index in [1.54, 1.807) is 6.07 Å². The van der Waals surface area contributed by atoms with E-state index in [2.05, 4.69) is 9.97 Å². The van der Waals surface area contributed by atoms with Crippen molar-refractivity contribution in [3.05, 3.63) is 52.6 Å². The van der Waals surface area contributed by atoms with Crippen LogP contribution >= 0.6 is 0 Å². The number of oxazole rings is 1. The highest BCUT2D eigenvalue weighted by Gasteiger charge is 2.34. The van der Waals surface area contributed by atoms with Crippen molar-refractivity contribution in [2.45, 2.75) is 17.4 Å². The van der Waals surface area contributed by atoms with Gasteiger partial charge in [-0.1, -0.05) is 0 Å². The molecule has 3 heterocycles. The molecule has 1 atom stereocenters. The van der Waals surface area contributed by atoms with Crippen LogP contribution in [0.2, 0.25) is 0 Å². The fourth-order valence-electron chi connectivity index (χ4n) is 2.97. The van der Waals surface area contributed by atoms with Crippen LogP contribution in [0.4, 0.5) is 0 Å². The van der Waals surface area contributed by atoms with Crippen LogP contribution in [0.5, 0.6) is 5.88 Å². The molecule has 4 rings (SSSR count). The van der Waals surface area contributed by atoms with E-state index in [0.717, 1.165) is 0 Å². The van der Waals surface area contributed by atoms with Gasteiger partial charge in [-0.15, -0.1) is 0 Å². The third-order valence-electron chi connectivity index (χ3n) is 4.29. The molecule has 0 spiro atoms. The van der Waals surface area contributed by atoms with Gasteiger partial charge in [-0.2, -0.15) is 9.57 Å². The number of nitrogens with zero attached hydrogens (tertiary/aromatic N) is 3. The molecule has 27 heavy (non-hydrogen) atoms. The average Bonchev–Trinajstić information content (AvgIpc) is 3.27. The summed E-state index contributed by atoms with van der Waals surface area (Å²) in [4.78, 5) is 17.8. The van der Waals surface area contributed by atoms with Gasteiger partial charge in [0.15, 0.2) is 5.58 Å². The van der Waals surface area contributed by atoms with Crippen molar-refractivity contribution >= 4 is 21.1 Å². The summed E-state index contributed by atoms with van der Waals surface area (Å²) in [7, 11) is -3.74. The number of sulfonamides is 1. The Morgan fingerprint density at radius 3 is 3.00 bits per heavy atom. The van der Waals surface area contributed by atoms with E-state index >= 15 is 0 Å². The SMILES string of the molecule is N#Cc1ccnc(OC2CCN(S(=O)(=O)c3ccc4oc(=O)[nH]c4c3)C2)c1. The van der Waals surface area contributed by atoms with Gasteiger partial charge in [0.05, 0.1) is 28.6 Å². The van der Waals surface area contributed by atoms with E-state index in [1.807, 2.05) is 6.07 Å². The molecule has 1 aliphatic heterocycles. The number of fused-ring (bicyclic) bond motifs is 1. The standard InChI is InChI=1S/C17H14N4O5S/c18-9-11-3-5-19-16(7-11)25-12-4-6-21(10-12)27(23,24)13-1-2-15-14(8-13)20-17(22)26-15/h1-3,5,7-8,12H,4,6,10H2,(H,20,22). The molecule has 1 unspecified atom stereocenters. The van der Waals surface area contributed by atoms with Gasteiger partial charge < -0.3 is 9.15 Å². The lowest BCUT2D eigenvalue weighted by Crippen LogP contribution is -2.31. The maximum absolute atomic E-state index is 12.9. The highest BCUT2D eigenvalue weighted by molar-refractivity contribution is 7.89. The first kappa shape index (κ1) is 17.3. The largest absolute Gasteiger partial charge is 0.473 e. The molecule has 138 valence electrons. The molecule has 0 saturated carbocycles. The molecule has 0 bridgehead atoms. The Kier molecular flexibility index (Phi) is 4.18. The van der Waals surface area contributed by atoms with Crippen molar-refractivity contribution in [3.63, 3.8) is 0 Å². The molecule has 1 saturated heterocycles. The Morgan fingerprint density at radius 1 is 1.33 bits per heavy atom. The van der Waals surface area contributed by atoms with Crippen molar-refractivity contribution < 1.29 is 17.6 Å². The maximum Gasteiger partial charge on any atom is 0.417 e. The minimum Gasteiger partial charge on any atom is -0.473 e. The van der Waals surface area contributed by atoms with Gasteiger partial charge in [-0.3, -0.25) is 4.98 Å². The zero-order valence-corrected chi connectivity index (χ0v) is 14.8. The molecule has 9 nitrogen and oxygen atoms in total. The van der Waals surface area contributed by atoms with E-state index in [0.29, 0.717) is 29.6 Å². The number of rotatable bonds is 4. The molecule has 0 radical (unpaired) electrons. The molecular formula is C17H14N4O5S. The summed E-state index contributed by atoms with van der Waals surface area (Å²) < 4.78 is 37.7. The molecule has 1 aromatic carbocycles. The van der Waals surface area contributed by atoms with Crippen LogP contribution in [0.15, 0.2) is 50.6 Å². The summed E-state index contributed by atoms with van der Waals surface area (Å²) in [6.45, 7) is 0.464. The molecule has 2 aromatic heterocycles. The Morgan fingerprint density at radius 2 is 2.19 bits per heavy atom. The van der Waals surface area contributed by atoms with Crippen molar-refractivity contribution in [2.75, 3.05) is 13.1 Å². The number of nitriles is 1. The quantitative estimate of drug-likeness (QED) is 0.714. The van der Waals surface area contributed by atoms with Crippen LogP contribution in [-0.2, 0) is 10.0 Å². The van der Waals surface area contributed by atoms with Gasteiger partial charge in [0.25, 0.3) is 0 Å². The zero-order chi connectivity index (χ0) is 19.0. The molecule has 1 fully saturated rings. The van der Waals surface area contributed by atoms with Crippen molar-refractivity contribution in [2.24, 2.45) is 0 Å². The first-order chi connectivity index (χ1) is 13.0. The van der Waals surface area contributed by atoms with Crippen LogP contribution in [0.3, 0.4) is 0 Å². The van der Waals surface area contributed by atoms with Gasteiger partial charge in [0.2, 0.25) is 15.9 Å². The van der Waals surface area contributed by atoms with E-state index < -0.39 is 15.8 Å². The van der Waals surface area contributed by atoms with Crippen molar-refractivity contribution in [1.29, 1.82) is 5.26 Å². The number of benzene rings is 1. The predicted octanol–water partition coefficient (Wildman–Crippen LogP) is 1.23. The van der Waals surface area contributed by atoms with Gasteiger partial charge in [0.1, 0.15) is 6.10 Å². The molecule has 10 heteroatoms. The van der Waals surface area contributed by atoms with Crippen LogP contribution in [-0.4, -0.2) is 41.9 Å². The van der Waals surface area contributed by atoms with Crippen LogP contribution in [0.25, 0.3) is 11.1 Å². The number of pyridine rings is 1. The number of hydrogen-bond donors (Lipinski definition) is 1. The molecular weight excluding hydrogens is 372 g/mol. The summed E-state index contributed by atoms with van der Waals surface area (Å²) in [5.41, 5.74) is 1.04. The molecule has 1 aliphatic rings. The number of nitrogens with one attached hydrogen (secondary N) is 1. The zero-order valence-electron chi connectivity index (χ0n) is 14.0. The first-order valence-electron chi connectivity index (χ1n) is 8.11. The lowest BCUT2D eigenvalue weighted by molar-refractivity contribution is 0.207. The Labute approximate surface area is 153 Å². The Bertz CT molecular complexity index is 1210. The fourth-order valence-corrected chi connectivity index (χ4v) is 4.48. The number of hydrogen-bond acceptors (Lipinski definition) is 7. The Hall–Kier alpha value is -3.16. The fraction of sp³-hybridized carbons (Fsp3) is 0.235. The second kappa shape index (κ2) is 6.53. The van der Waals surface area contributed by atoms with Gasteiger partial charge in [-0.25, -0.2) is 18.2 Å². The van der Waals surface area contributed by atoms with Crippen molar-refractivity contribution in [3.8, 4) is 11.9 Å². The average molecular weight is 386 g/mol. The molecule has 3 aromatic rings. The second-order valence-electron chi connectivity index (χ2n) is 6.06. The lowest BCUT2D eigenvalue weighted by atomic mass is 10.3. The van der Waals surface area contributed by atoms with Crippen LogP contribution in [0, 0.1) is 11.3 Å². The number of ether oxygens (including phenoxy) is 1. The van der Waals surface area contributed by atoms with Gasteiger partial charge in [-0.05, 0) is 30.7 Å². The smallest absolute Gasteiger partial charge is 0.417 e. The summed E-state index contributed by atoms with van der Waals surface area (Å²) >= 11 is 0. The van der Waals surface area contributed by atoms with Gasteiger partial charge >= 0.3 is 5.76 Å². The molecule has 1 N–H and O–H groups in total. The van der Waals surface area contributed by atoms with E-state index in [4.69, 9.17) is 14.4 Å². The van der Waals surface area contributed by atoms with Gasteiger partial charge in [0, 0.05) is 18.8 Å². The first-order valence-corrected chi connectivity index (χ1v) is 9.55.